The van der Waals surface area contributed by atoms with Crippen molar-refractivity contribution in [3.8, 4) is 0 Å². The molecule has 0 radical (unpaired) electrons. The fraction of sp³-hybridized carbons (Fsp3) is 0.656. The van der Waals surface area contributed by atoms with Gasteiger partial charge >= 0.3 is 6.18 Å². The monoisotopic (exact) mass is 671 g/mol. The zero-order valence-corrected chi connectivity index (χ0v) is 25.3. The predicted octanol–water partition coefficient (Wildman–Crippen LogP) is 7.20. The fourth-order valence-corrected chi connectivity index (χ4v) is 10.7. The number of rotatable bonds is 10. The number of hydrogen-bond acceptors (Lipinski definition) is 3. The Bertz CT molecular complexity index is 1130. The molecule has 5 rings (SSSR count). The molecular formula is C32H41F3INO3. The van der Waals surface area contributed by atoms with Gasteiger partial charge in [-0.15, -0.1) is 20.7 Å². The number of likely N-dealkylation sites (tertiary alicyclic amines) is 1. The fourth-order valence-electron chi connectivity index (χ4n) is 6.97. The summed E-state index contributed by atoms with van der Waals surface area (Å²) in [6, 6.07) is 5.97. The maximum absolute atomic E-state index is 13.6. The molecule has 1 atom stereocenters. The second kappa shape index (κ2) is 13.2. The zero-order chi connectivity index (χ0) is 28.3. The molecule has 2 aliphatic heterocycles. The van der Waals surface area contributed by atoms with Gasteiger partial charge in [0.2, 0.25) is 5.91 Å². The van der Waals surface area contributed by atoms with Crippen molar-refractivity contribution in [1.82, 2.24) is 4.90 Å². The van der Waals surface area contributed by atoms with Gasteiger partial charge in [0.25, 0.3) is 0 Å². The van der Waals surface area contributed by atoms with Crippen LogP contribution in [0.25, 0.3) is 0 Å². The van der Waals surface area contributed by atoms with Crippen molar-refractivity contribution >= 4 is 36.4 Å². The molecule has 1 N–H and O–H groups in total. The first-order valence-electron chi connectivity index (χ1n) is 15.0. The Balaban J connectivity index is 1.15. The van der Waals surface area contributed by atoms with Gasteiger partial charge in [0.15, 0.2) is 5.78 Å². The van der Waals surface area contributed by atoms with Gasteiger partial charge in [-0.3, -0.25) is 9.59 Å². The lowest BCUT2D eigenvalue weighted by atomic mass is 9.75. The topological polar surface area (TPSA) is 57.6 Å². The van der Waals surface area contributed by atoms with E-state index < -0.39 is 11.7 Å². The number of alkyl halides is 4. The van der Waals surface area contributed by atoms with Crippen LogP contribution in [0.1, 0.15) is 94.1 Å². The van der Waals surface area contributed by atoms with E-state index >= 15 is 0 Å². The SMILES string of the molecule is O=C(CC1CCC(c2ccccc2C(F)(F)F)CC1)C1=C(C2CC2)C(CC2CCN(C(=O)CCCO)CC2)I=C1. The molecule has 4 aliphatic rings. The van der Waals surface area contributed by atoms with E-state index in [1.807, 2.05) is 4.90 Å². The average molecular weight is 672 g/mol. The van der Waals surface area contributed by atoms with E-state index in [2.05, 4.69) is 4.01 Å². The number of piperidine rings is 1. The van der Waals surface area contributed by atoms with Crippen molar-refractivity contribution in [3.05, 3.63) is 46.5 Å². The van der Waals surface area contributed by atoms with Gasteiger partial charge in [0.05, 0.1) is 5.56 Å². The molecule has 0 spiro atoms. The molecule has 2 saturated carbocycles. The van der Waals surface area contributed by atoms with E-state index in [0.29, 0.717) is 53.4 Å². The van der Waals surface area contributed by atoms with Crippen LogP contribution in [-0.4, -0.2) is 49.3 Å². The Hall–Kier alpha value is -1.55. The van der Waals surface area contributed by atoms with Crippen molar-refractivity contribution in [2.75, 3.05) is 19.7 Å². The highest BCUT2D eigenvalue weighted by atomic mass is 127. The Morgan fingerprint density at radius 3 is 2.25 bits per heavy atom. The van der Waals surface area contributed by atoms with Gasteiger partial charge < -0.3 is 10.0 Å². The Morgan fingerprint density at radius 1 is 0.925 bits per heavy atom. The molecule has 0 aromatic heterocycles. The number of aliphatic hydroxyl groups is 1. The summed E-state index contributed by atoms with van der Waals surface area (Å²) in [7, 11) is 0. The molecule has 2 aliphatic carbocycles. The first-order valence-corrected chi connectivity index (χ1v) is 17.5. The predicted molar refractivity (Wildman–Crippen MR) is 160 cm³/mol. The molecule has 1 unspecified atom stereocenters. The third-order valence-electron chi connectivity index (χ3n) is 9.37. The van der Waals surface area contributed by atoms with Crippen LogP contribution in [0.2, 0.25) is 0 Å². The zero-order valence-electron chi connectivity index (χ0n) is 23.1. The Labute approximate surface area is 245 Å². The minimum absolute atomic E-state index is 0.0547. The average Bonchev–Trinajstić information content (AvgIpc) is 3.71. The van der Waals surface area contributed by atoms with E-state index in [1.165, 1.54) is 30.5 Å². The molecule has 220 valence electrons. The maximum Gasteiger partial charge on any atom is 0.416 e. The molecular weight excluding hydrogens is 630 g/mol. The number of nitrogens with zero attached hydrogens (tertiary/aromatic N) is 1. The van der Waals surface area contributed by atoms with E-state index in [0.717, 1.165) is 50.8 Å². The first kappa shape index (κ1) is 29.9. The van der Waals surface area contributed by atoms with Crippen LogP contribution in [0, 0.1) is 17.8 Å². The normalized spacial score (nSPS) is 26.2. The molecule has 4 nitrogen and oxygen atoms in total. The summed E-state index contributed by atoms with van der Waals surface area (Å²) < 4.78 is 43.4. The minimum atomic E-state index is -4.33. The Kier molecular flexibility index (Phi) is 9.86. The minimum Gasteiger partial charge on any atom is -0.396 e. The van der Waals surface area contributed by atoms with Gasteiger partial charge in [-0.2, -0.15) is 13.2 Å². The summed E-state index contributed by atoms with van der Waals surface area (Å²) in [5.41, 5.74) is 2.35. The highest BCUT2D eigenvalue weighted by molar-refractivity contribution is 14.2. The molecule has 2 heterocycles. The van der Waals surface area contributed by atoms with Crippen molar-refractivity contribution in [1.29, 1.82) is 0 Å². The lowest BCUT2D eigenvalue weighted by molar-refractivity contribution is -0.138. The summed E-state index contributed by atoms with van der Waals surface area (Å²) in [4.78, 5) is 27.8. The van der Waals surface area contributed by atoms with Gasteiger partial charge in [0.1, 0.15) is 0 Å². The number of Topliss-reactive ketones (excluding diaryl/α,β-unsaturated/α-hetero) is 1. The number of hydrogen-bond donors (Lipinski definition) is 1. The van der Waals surface area contributed by atoms with Crippen molar-refractivity contribution in [2.24, 2.45) is 17.8 Å². The highest BCUT2D eigenvalue weighted by Gasteiger charge is 2.39. The van der Waals surface area contributed by atoms with Crippen LogP contribution in [0.15, 0.2) is 35.4 Å². The lowest BCUT2D eigenvalue weighted by Crippen LogP contribution is -2.39. The number of aliphatic hydroxyl groups excluding tert-OH is 1. The number of allylic oxidation sites excluding steroid dienone is 2. The van der Waals surface area contributed by atoms with Crippen molar-refractivity contribution < 1.29 is 27.9 Å². The number of benzene rings is 1. The number of carbonyl (C=O) groups excluding carboxylic acids is 2. The number of halogens is 4. The maximum atomic E-state index is 13.6. The molecule has 8 heteroatoms. The van der Waals surface area contributed by atoms with Crippen molar-refractivity contribution in [3.63, 3.8) is 0 Å². The summed E-state index contributed by atoms with van der Waals surface area (Å²) in [5, 5.41) is 9.00. The second-order valence-corrected chi connectivity index (χ2v) is 15.0. The molecule has 1 amide bonds. The van der Waals surface area contributed by atoms with Gasteiger partial charge in [-0.1, -0.05) is 18.2 Å². The molecule has 1 saturated heterocycles. The number of amides is 1. The molecule has 0 bridgehead atoms. The van der Waals surface area contributed by atoms with E-state index in [1.54, 1.807) is 12.1 Å². The summed E-state index contributed by atoms with van der Waals surface area (Å²) in [5.74, 6) is 1.75. The van der Waals surface area contributed by atoms with Crippen LogP contribution < -0.4 is 0 Å². The van der Waals surface area contributed by atoms with Crippen molar-refractivity contribution in [2.45, 2.75) is 93.1 Å². The van der Waals surface area contributed by atoms with E-state index in [9.17, 15) is 22.8 Å². The summed E-state index contributed by atoms with van der Waals surface area (Å²) >= 11 is -0.204. The smallest absolute Gasteiger partial charge is 0.396 e. The summed E-state index contributed by atoms with van der Waals surface area (Å²) in [6.45, 7) is 1.65. The van der Waals surface area contributed by atoms with E-state index in [-0.39, 0.29) is 50.9 Å². The standard InChI is InChI=1S/C32H41F3INO3/c33-32(34,35)27-5-2-1-4-25(27)23-9-7-21(8-10-23)19-29(39)26-20-36-28(31(26)24-11-12-24)18-22-13-15-37(16-14-22)30(40)6-3-17-38/h1-2,4-5,20-24,28,38H,3,6-19H2. The van der Waals surface area contributed by atoms with Gasteiger partial charge in [-0.25, -0.2) is 0 Å². The lowest BCUT2D eigenvalue weighted by Gasteiger charge is -2.33. The van der Waals surface area contributed by atoms with Crippen LogP contribution in [-0.2, 0) is 15.8 Å². The molecule has 3 fully saturated rings. The molecule has 40 heavy (non-hydrogen) atoms. The van der Waals surface area contributed by atoms with Crippen LogP contribution in [0.5, 0.6) is 0 Å². The van der Waals surface area contributed by atoms with Gasteiger partial charge in [-0.05, 0) is 109 Å². The quantitative estimate of drug-likeness (QED) is 0.212. The molecule has 1 aromatic carbocycles. The second-order valence-electron chi connectivity index (χ2n) is 12.2. The van der Waals surface area contributed by atoms with E-state index in [4.69, 9.17) is 5.11 Å². The van der Waals surface area contributed by atoms with Crippen LogP contribution in [0.4, 0.5) is 13.2 Å². The highest BCUT2D eigenvalue weighted by Crippen LogP contribution is 2.49. The number of carbonyl (C=O) groups is 2. The summed E-state index contributed by atoms with van der Waals surface area (Å²) in [6.07, 6.45) is 5.72. The van der Waals surface area contributed by atoms with Crippen LogP contribution >= 0.6 is 20.7 Å². The third-order valence-corrected chi connectivity index (χ3v) is 12.4. The third kappa shape index (κ3) is 7.26. The van der Waals surface area contributed by atoms with Crippen LogP contribution in [0.3, 0.4) is 0 Å². The van der Waals surface area contributed by atoms with Gasteiger partial charge in [0, 0.05) is 42.0 Å². The Morgan fingerprint density at radius 2 is 1.60 bits per heavy atom. The number of ketones is 1. The largest absolute Gasteiger partial charge is 0.416 e. The molecule has 1 aromatic rings. The first-order chi connectivity index (χ1) is 19.2.